The minimum atomic E-state index is 0.412. The van der Waals surface area contributed by atoms with Gasteiger partial charge >= 0.3 is 0 Å². The second kappa shape index (κ2) is 7.46. The zero-order valence-electron chi connectivity index (χ0n) is 11.4. The molecule has 0 saturated carbocycles. The van der Waals surface area contributed by atoms with Crippen LogP contribution in [0.1, 0.15) is 44.4 Å². The molecule has 1 unspecified atom stereocenters. The molecule has 0 spiro atoms. The maximum Gasteiger partial charge on any atom is 0.0291 e. The third-order valence-corrected chi connectivity index (χ3v) is 2.96. The van der Waals surface area contributed by atoms with Crippen molar-refractivity contribution in [3.8, 4) is 0 Å². The molecule has 0 aliphatic heterocycles. The van der Waals surface area contributed by atoms with Crippen molar-refractivity contribution in [1.82, 2.24) is 5.32 Å². The summed E-state index contributed by atoms with van der Waals surface area (Å²) in [6.45, 7) is 8.46. The van der Waals surface area contributed by atoms with Gasteiger partial charge in [0.15, 0.2) is 0 Å². The fourth-order valence-electron chi connectivity index (χ4n) is 1.95. The van der Waals surface area contributed by atoms with Crippen LogP contribution in [-0.2, 0) is 6.42 Å². The third-order valence-electron chi connectivity index (χ3n) is 2.96. The Bertz CT molecular complexity index is 303. The van der Waals surface area contributed by atoms with Gasteiger partial charge in [-0.25, -0.2) is 0 Å². The average Bonchev–Trinajstić information content (AvgIpc) is 2.29. The second-order valence-electron chi connectivity index (χ2n) is 5.16. The molecule has 0 aliphatic carbocycles. The van der Waals surface area contributed by atoms with Gasteiger partial charge in [-0.3, -0.25) is 0 Å². The van der Waals surface area contributed by atoms with Gasteiger partial charge in [0.25, 0.3) is 0 Å². The van der Waals surface area contributed by atoms with Crippen molar-refractivity contribution in [2.45, 2.75) is 39.7 Å². The molecule has 0 saturated heterocycles. The highest BCUT2D eigenvalue weighted by atomic mass is 14.9. The average molecular weight is 234 g/mol. The van der Waals surface area contributed by atoms with Crippen molar-refractivity contribution in [2.75, 3.05) is 13.1 Å². The molecule has 0 bridgehead atoms. The minimum absolute atomic E-state index is 0.412. The summed E-state index contributed by atoms with van der Waals surface area (Å²) in [4.78, 5) is 0. The van der Waals surface area contributed by atoms with Gasteiger partial charge in [-0.15, -0.1) is 0 Å². The first kappa shape index (κ1) is 14.2. The molecule has 96 valence electrons. The smallest absolute Gasteiger partial charge is 0.0291 e. The van der Waals surface area contributed by atoms with E-state index in [4.69, 9.17) is 5.73 Å². The van der Waals surface area contributed by atoms with Crippen LogP contribution in [0.4, 0.5) is 0 Å². The van der Waals surface area contributed by atoms with Crippen LogP contribution in [0.15, 0.2) is 24.3 Å². The van der Waals surface area contributed by atoms with Crippen molar-refractivity contribution in [2.24, 2.45) is 11.7 Å². The second-order valence-corrected chi connectivity index (χ2v) is 5.16. The topological polar surface area (TPSA) is 38.0 Å². The van der Waals surface area contributed by atoms with E-state index >= 15 is 0 Å². The van der Waals surface area contributed by atoms with Crippen LogP contribution in [0.25, 0.3) is 0 Å². The first-order chi connectivity index (χ1) is 8.13. The Hall–Kier alpha value is -0.860. The van der Waals surface area contributed by atoms with Gasteiger partial charge < -0.3 is 11.1 Å². The Balaban J connectivity index is 2.48. The van der Waals surface area contributed by atoms with Crippen molar-refractivity contribution >= 4 is 0 Å². The number of benzene rings is 1. The van der Waals surface area contributed by atoms with Crippen LogP contribution in [0, 0.1) is 5.92 Å². The van der Waals surface area contributed by atoms with Gasteiger partial charge in [-0.1, -0.05) is 38.1 Å². The van der Waals surface area contributed by atoms with E-state index in [-0.39, 0.29) is 0 Å². The molecule has 0 amide bonds. The van der Waals surface area contributed by atoms with Crippen LogP contribution in [-0.4, -0.2) is 13.1 Å². The van der Waals surface area contributed by atoms with Gasteiger partial charge in [0, 0.05) is 6.04 Å². The first-order valence-corrected chi connectivity index (χ1v) is 6.65. The first-order valence-electron chi connectivity index (χ1n) is 6.65. The minimum Gasteiger partial charge on any atom is -0.330 e. The van der Waals surface area contributed by atoms with E-state index in [2.05, 4.69) is 50.4 Å². The highest BCUT2D eigenvalue weighted by Gasteiger charge is 2.04. The lowest BCUT2D eigenvalue weighted by Gasteiger charge is -2.14. The molecule has 0 radical (unpaired) electrons. The van der Waals surface area contributed by atoms with Crippen LogP contribution in [0.3, 0.4) is 0 Å². The Labute approximate surface area is 106 Å². The van der Waals surface area contributed by atoms with Gasteiger partial charge in [0.2, 0.25) is 0 Å². The van der Waals surface area contributed by atoms with Crippen molar-refractivity contribution in [3.63, 3.8) is 0 Å². The lowest BCUT2D eigenvalue weighted by atomic mass is 10.00. The van der Waals surface area contributed by atoms with Crippen LogP contribution >= 0.6 is 0 Å². The maximum absolute atomic E-state index is 5.48. The van der Waals surface area contributed by atoms with Gasteiger partial charge in [0.05, 0.1) is 0 Å². The molecule has 1 aromatic carbocycles. The molecule has 0 aromatic heterocycles. The number of hydrogen-bond acceptors (Lipinski definition) is 2. The Morgan fingerprint density at radius 3 is 2.29 bits per heavy atom. The molecule has 2 nitrogen and oxygen atoms in total. The third kappa shape index (κ3) is 5.33. The van der Waals surface area contributed by atoms with Crippen molar-refractivity contribution in [3.05, 3.63) is 35.4 Å². The maximum atomic E-state index is 5.48. The lowest BCUT2D eigenvalue weighted by molar-refractivity contribution is 0.561. The monoisotopic (exact) mass is 234 g/mol. The highest BCUT2D eigenvalue weighted by Crippen LogP contribution is 2.15. The number of nitrogens with one attached hydrogen (secondary N) is 1. The van der Waals surface area contributed by atoms with E-state index in [1.54, 1.807) is 0 Å². The van der Waals surface area contributed by atoms with Crippen LogP contribution in [0.2, 0.25) is 0 Å². The van der Waals surface area contributed by atoms with E-state index in [9.17, 15) is 0 Å². The summed E-state index contributed by atoms with van der Waals surface area (Å²) in [6, 6.07) is 9.37. The molecule has 17 heavy (non-hydrogen) atoms. The largest absolute Gasteiger partial charge is 0.330 e. The summed E-state index contributed by atoms with van der Waals surface area (Å²) in [5.74, 6) is 0.723. The SMILES string of the molecule is CC(C)Cc1ccc(C(C)NCCCN)cc1. The van der Waals surface area contributed by atoms with E-state index in [0.29, 0.717) is 6.04 Å². The summed E-state index contributed by atoms with van der Waals surface area (Å²) in [5, 5.41) is 3.48. The Morgan fingerprint density at radius 2 is 1.76 bits per heavy atom. The summed E-state index contributed by atoms with van der Waals surface area (Å²) in [5.41, 5.74) is 8.26. The van der Waals surface area contributed by atoms with Crippen LogP contribution in [0.5, 0.6) is 0 Å². The Kier molecular flexibility index (Phi) is 6.23. The molecular formula is C15H26N2. The molecule has 0 fully saturated rings. The van der Waals surface area contributed by atoms with Gasteiger partial charge in [-0.05, 0) is 49.9 Å². The van der Waals surface area contributed by atoms with Gasteiger partial charge in [0.1, 0.15) is 0 Å². The molecule has 1 rings (SSSR count). The molecule has 0 heterocycles. The number of hydrogen-bond donors (Lipinski definition) is 2. The molecule has 1 atom stereocenters. The Morgan fingerprint density at radius 1 is 1.12 bits per heavy atom. The van der Waals surface area contributed by atoms with E-state index in [1.807, 2.05) is 0 Å². The molecule has 1 aromatic rings. The van der Waals surface area contributed by atoms with E-state index in [0.717, 1.165) is 31.8 Å². The quantitative estimate of drug-likeness (QED) is 0.712. The normalized spacial score (nSPS) is 13.0. The van der Waals surface area contributed by atoms with E-state index in [1.165, 1.54) is 11.1 Å². The predicted molar refractivity (Wildman–Crippen MR) is 75.1 cm³/mol. The van der Waals surface area contributed by atoms with Gasteiger partial charge in [-0.2, -0.15) is 0 Å². The molecule has 0 aliphatic rings. The fraction of sp³-hybridized carbons (Fsp3) is 0.600. The lowest BCUT2D eigenvalue weighted by Crippen LogP contribution is -2.21. The van der Waals surface area contributed by atoms with Crippen molar-refractivity contribution in [1.29, 1.82) is 0 Å². The van der Waals surface area contributed by atoms with Crippen LogP contribution < -0.4 is 11.1 Å². The zero-order valence-corrected chi connectivity index (χ0v) is 11.4. The highest BCUT2D eigenvalue weighted by molar-refractivity contribution is 5.25. The summed E-state index contributed by atoms with van der Waals surface area (Å²) in [6.07, 6.45) is 2.20. The zero-order chi connectivity index (χ0) is 12.7. The molecular weight excluding hydrogens is 208 g/mol. The fourth-order valence-corrected chi connectivity index (χ4v) is 1.95. The van der Waals surface area contributed by atoms with E-state index < -0.39 is 0 Å². The molecule has 2 heteroatoms. The summed E-state index contributed by atoms with van der Waals surface area (Å²) < 4.78 is 0. The molecule has 3 N–H and O–H groups in total. The standard InChI is InChI=1S/C15H26N2/c1-12(2)11-14-5-7-15(8-6-14)13(3)17-10-4-9-16/h5-8,12-13,17H,4,9-11,16H2,1-3H3. The number of rotatable bonds is 7. The predicted octanol–water partition coefficient (Wildman–Crippen LogP) is 2.88. The number of nitrogens with two attached hydrogens (primary N) is 1. The summed E-state index contributed by atoms with van der Waals surface area (Å²) in [7, 11) is 0. The summed E-state index contributed by atoms with van der Waals surface area (Å²) >= 11 is 0. The van der Waals surface area contributed by atoms with Crippen molar-refractivity contribution < 1.29 is 0 Å².